The van der Waals surface area contributed by atoms with Crippen LogP contribution in [0.5, 0.6) is 5.75 Å². The number of halogens is 1. The number of nitrogens with zero attached hydrogens (tertiary/aromatic N) is 1. The third-order valence-electron chi connectivity index (χ3n) is 4.38. The Morgan fingerprint density at radius 3 is 2.43 bits per heavy atom. The Balaban J connectivity index is 2.21. The van der Waals surface area contributed by atoms with Crippen LogP contribution in [0.2, 0.25) is 5.02 Å². The van der Waals surface area contributed by atoms with Gasteiger partial charge in [-0.2, -0.15) is 0 Å². The van der Waals surface area contributed by atoms with Crippen LogP contribution in [0, 0.1) is 13.8 Å². The van der Waals surface area contributed by atoms with Crippen LogP contribution in [-0.2, 0) is 14.8 Å². The fourth-order valence-electron chi connectivity index (χ4n) is 3.02. The quantitative estimate of drug-likeness (QED) is 0.736. The summed E-state index contributed by atoms with van der Waals surface area (Å²) in [6.07, 6.45) is 1.05. The molecule has 2 aromatic rings. The van der Waals surface area contributed by atoms with Gasteiger partial charge in [0.05, 0.1) is 30.1 Å². The van der Waals surface area contributed by atoms with Crippen LogP contribution >= 0.6 is 11.6 Å². The Bertz CT molecular complexity index is 976. The highest BCUT2D eigenvalue weighted by Gasteiger charge is 2.23. The highest BCUT2D eigenvalue weighted by atomic mass is 35.5. The number of amides is 1. The molecule has 0 heterocycles. The molecule has 8 heteroatoms. The molecule has 0 saturated heterocycles. The van der Waals surface area contributed by atoms with Gasteiger partial charge in [-0.1, -0.05) is 35.4 Å². The number of hydrogen-bond acceptors (Lipinski definition) is 4. The largest absolute Gasteiger partial charge is 0.495 e. The van der Waals surface area contributed by atoms with Crippen molar-refractivity contribution in [3.8, 4) is 5.75 Å². The standard InChI is InChI=1S/C20H25ClN2O4S/c1-13-6-8-17(14(2)10-13)15(3)22-20(24)12-23(28(5,25)26)16-7-9-19(27-4)18(21)11-16/h6-11,15H,12H2,1-5H3,(H,22,24)/t15-/m0/s1. The molecule has 1 N–H and O–H groups in total. The van der Waals surface area contributed by atoms with E-state index in [1.165, 1.54) is 13.2 Å². The maximum atomic E-state index is 12.6. The summed E-state index contributed by atoms with van der Waals surface area (Å²) >= 11 is 6.11. The van der Waals surface area contributed by atoms with Crippen LogP contribution in [-0.4, -0.2) is 34.2 Å². The Morgan fingerprint density at radius 1 is 1.21 bits per heavy atom. The number of carbonyl (C=O) groups excluding carboxylic acids is 1. The SMILES string of the molecule is COc1ccc(N(CC(=O)N[C@@H](C)c2ccc(C)cc2C)S(C)(=O)=O)cc1Cl. The molecule has 1 amide bonds. The van der Waals surface area contributed by atoms with Crippen molar-refractivity contribution in [2.75, 3.05) is 24.2 Å². The number of hydrogen-bond donors (Lipinski definition) is 1. The zero-order chi connectivity index (χ0) is 21.1. The molecule has 0 aromatic heterocycles. The summed E-state index contributed by atoms with van der Waals surface area (Å²) in [5.74, 6) is 0.0108. The minimum absolute atomic E-state index is 0.256. The second kappa shape index (κ2) is 8.84. The summed E-state index contributed by atoms with van der Waals surface area (Å²) in [6.45, 7) is 5.50. The lowest BCUT2D eigenvalue weighted by atomic mass is 10.0. The van der Waals surface area contributed by atoms with Gasteiger partial charge in [0.25, 0.3) is 0 Å². The second-order valence-electron chi connectivity index (χ2n) is 6.74. The summed E-state index contributed by atoms with van der Waals surface area (Å²) in [4.78, 5) is 12.6. The van der Waals surface area contributed by atoms with E-state index in [4.69, 9.17) is 16.3 Å². The number of rotatable bonds is 7. The third kappa shape index (κ3) is 5.39. The maximum Gasteiger partial charge on any atom is 0.241 e. The number of methoxy groups -OCH3 is 1. The lowest BCUT2D eigenvalue weighted by Crippen LogP contribution is -2.41. The number of anilines is 1. The molecule has 0 aliphatic rings. The van der Waals surface area contributed by atoms with Gasteiger partial charge in [-0.3, -0.25) is 9.10 Å². The Morgan fingerprint density at radius 2 is 1.89 bits per heavy atom. The number of aryl methyl sites for hydroxylation is 2. The molecule has 0 saturated carbocycles. The van der Waals surface area contributed by atoms with Crippen molar-refractivity contribution in [3.05, 3.63) is 58.1 Å². The van der Waals surface area contributed by atoms with E-state index in [2.05, 4.69) is 5.32 Å². The zero-order valence-corrected chi connectivity index (χ0v) is 18.2. The molecule has 0 aliphatic carbocycles. The summed E-state index contributed by atoms with van der Waals surface area (Å²) < 4.78 is 30.6. The molecule has 0 fully saturated rings. The summed E-state index contributed by atoms with van der Waals surface area (Å²) in [7, 11) is -2.22. The molecule has 0 unspecified atom stereocenters. The molecule has 6 nitrogen and oxygen atoms in total. The molecule has 28 heavy (non-hydrogen) atoms. The minimum Gasteiger partial charge on any atom is -0.495 e. The monoisotopic (exact) mass is 424 g/mol. The fraction of sp³-hybridized carbons (Fsp3) is 0.350. The molecule has 2 aromatic carbocycles. The lowest BCUT2D eigenvalue weighted by molar-refractivity contribution is -0.120. The van der Waals surface area contributed by atoms with Gasteiger partial charge < -0.3 is 10.1 Å². The molecule has 0 radical (unpaired) electrons. The molecular weight excluding hydrogens is 400 g/mol. The van der Waals surface area contributed by atoms with Crippen molar-refractivity contribution >= 4 is 33.2 Å². The van der Waals surface area contributed by atoms with E-state index in [-0.39, 0.29) is 17.6 Å². The van der Waals surface area contributed by atoms with Gasteiger partial charge in [0.1, 0.15) is 12.3 Å². The van der Waals surface area contributed by atoms with Gasteiger partial charge >= 0.3 is 0 Å². The molecular formula is C20H25ClN2O4S. The van der Waals surface area contributed by atoms with Crippen LogP contribution < -0.4 is 14.4 Å². The minimum atomic E-state index is -3.69. The van der Waals surface area contributed by atoms with Crippen molar-refractivity contribution in [2.45, 2.75) is 26.8 Å². The molecule has 0 aliphatic heterocycles. The van der Waals surface area contributed by atoms with Gasteiger partial charge in [0.2, 0.25) is 15.9 Å². The highest BCUT2D eigenvalue weighted by Crippen LogP contribution is 2.30. The Hall–Kier alpha value is -2.25. The van der Waals surface area contributed by atoms with Crippen LogP contribution in [0.25, 0.3) is 0 Å². The fourth-order valence-corrected chi connectivity index (χ4v) is 4.12. The van der Waals surface area contributed by atoms with Gasteiger partial charge in [0.15, 0.2) is 0 Å². The lowest BCUT2D eigenvalue weighted by Gasteiger charge is -2.24. The Labute approximate surface area is 171 Å². The first-order valence-electron chi connectivity index (χ1n) is 8.70. The van der Waals surface area contributed by atoms with Crippen LogP contribution in [0.15, 0.2) is 36.4 Å². The van der Waals surface area contributed by atoms with Crippen LogP contribution in [0.4, 0.5) is 5.69 Å². The van der Waals surface area contributed by atoms with Crippen molar-refractivity contribution < 1.29 is 17.9 Å². The average Bonchev–Trinajstić information content (AvgIpc) is 2.58. The Kier molecular flexibility index (Phi) is 6.96. The highest BCUT2D eigenvalue weighted by molar-refractivity contribution is 7.92. The molecule has 1 atom stereocenters. The maximum absolute atomic E-state index is 12.6. The number of ether oxygens (including phenoxy) is 1. The van der Waals surface area contributed by atoms with E-state index in [1.54, 1.807) is 12.1 Å². The summed E-state index contributed by atoms with van der Waals surface area (Å²) in [5.41, 5.74) is 3.48. The number of sulfonamides is 1. The number of benzene rings is 2. The van der Waals surface area contributed by atoms with Gasteiger partial charge in [-0.05, 0) is 50.1 Å². The first-order valence-corrected chi connectivity index (χ1v) is 10.9. The molecule has 152 valence electrons. The predicted octanol–water partition coefficient (Wildman–Crippen LogP) is 3.61. The van der Waals surface area contributed by atoms with Crippen molar-refractivity contribution in [1.29, 1.82) is 0 Å². The van der Waals surface area contributed by atoms with E-state index < -0.39 is 15.9 Å². The first kappa shape index (κ1) is 22.0. The van der Waals surface area contributed by atoms with Gasteiger partial charge in [-0.15, -0.1) is 0 Å². The number of carbonyl (C=O) groups is 1. The van der Waals surface area contributed by atoms with E-state index >= 15 is 0 Å². The first-order chi connectivity index (χ1) is 13.0. The molecule has 0 bridgehead atoms. The second-order valence-corrected chi connectivity index (χ2v) is 9.05. The topological polar surface area (TPSA) is 75.7 Å². The number of nitrogens with one attached hydrogen (secondary N) is 1. The summed E-state index contributed by atoms with van der Waals surface area (Å²) in [6, 6.07) is 10.3. The van der Waals surface area contributed by atoms with E-state index in [1.807, 2.05) is 39.0 Å². The third-order valence-corrected chi connectivity index (χ3v) is 5.82. The van der Waals surface area contributed by atoms with Crippen LogP contribution in [0.3, 0.4) is 0 Å². The average molecular weight is 425 g/mol. The van der Waals surface area contributed by atoms with Gasteiger partial charge in [-0.25, -0.2) is 8.42 Å². The van der Waals surface area contributed by atoms with E-state index in [0.717, 1.165) is 27.3 Å². The van der Waals surface area contributed by atoms with E-state index in [9.17, 15) is 13.2 Å². The van der Waals surface area contributed by atoms with Crippen LogP contribution in [0.1, 0.15) is 29.7 Å². The van der Waals surface area contributed by atoms with E-state index in [0.29, 0.717) is 11.4 Å². The van der Waals surface area contributed by atoms with Gasteiger partial charge in [0, 0.05) is 0 Å². The van der Waals surface area contributed by atoms with Crippen molar-refractivity contribution in [3.63, 3.8) is 0 Å². The normalized spacial score (nSPS) is 12.4. The van der Waals surface area contributed by atoms with Crippen molar-refractivity contribution in [2.24, 2.45) is 0 Å². The molecule has 2 rings (SSSR count). The smallest absolute Gasteiger partial charge is 0.241 e. The summed E-state index contributed by atoms with van der Waals surface area (Å²) in [5, 5.41) is 3.13. The van der Waals surface area contributed by atoms with Crippen molar-refractivity contribution in [1.82, 2.24) is 5.32 Å². The predicted molar refractivity (Wildman–Crippen MR) is 113 cm³/mol. The zero-order valence-electron chi connectivity index (χ0n) is 16.6. The molecule has 0 spiro atoms.